The van der Waals surface area contributed by atoms with Gasteiger partial charge in [0.2, 0.25) is 5.91 Å². The van der Waals surface area contributed by atoms with Crippen LogP contribution < -0.4 is 25.4 Å². The molecule has 1 fully saturated rings. The van der Waals surface area contributed by atoms with E-state index in [2.05, 4.69) is 20.6 Å². The van der Waals surface area contributed by atoms with E-state index < -0.39 is 11.6 Å². The zero-order valence-corrected chi connectivity index (χ0v) is 19.3. The first kappa shape index (κ1) is 22.8. The van der Waals surface area contributed by atoms with Crippen LogP contribution in [0.4, 0.5) is 11.4 Å². The van der Waals surface area contributed by atoms with Crippen molar-refractivity contribution in [3.63, 3.8) is 0 Å². The zero-order valence-electron chi connectivity index (χ0n) is 18.5. The molecule has 176 valence electrons. The molecule has 1 N–H and O–H groups in total. The van der Waals surface area contributed by atoms with Crippen LogP contribution in [0.25, 0.3) is 5.00 Å². The molecule has 0 radical (unpaired) electrons. The maximum Gasteiger partial charge on any atom is 0.369 e. The molecule has 1 aromatic carbocycles. The van der Waals surface area contributed by atoms with Gasteiger partial charge in [-0.05, 0) is 41.8 Å². The molecule has 0 bridgehead atoms. The summed E-state index contributed by atoms with van der Waals surface area (Å²) in [4.78, 5) is 27.5. The molecular formula is C21H26N6O5S. The Morgan fingerprint density at radius 1 is 1.15 bits per heavy atom. The Balaban J connectivity index is 1.56. The van der Waals surface area contributed by atoms with Crippen LogP contribution in [0.3, 0.4) is 0 Å². The number of anilines is 2. The number of tetrazole rings is 1. The summed E-state index contributed by atoms with van der Waals surface area (Å²) >= 11 is 1.36. The first-order valence-electron chi connectivity index (χ1n) is 10.7. The monoisotopic (exact) mass is 474 g/mol. The summed E-state index contributed by atoms with van der Waals surface area (Å²) in [6.07, 6.45) is 0. The van der Waals surface area contributed by atoms with Crippen molar-refractivity contribution >= 4 is 28.6 Å². The topological polar surface area (TPSA) is 113 Å². The lowest BCUT2D eigenvalue weighted by Crippen LogP contribution is -2.36. The summed E-state index contributed by atoms with van der Waals surface area (Å²) in [5.41, 5.74) is 0.855. The Morgan fingerprint density at radius 3 is 2.61 bits per heavy atom. The van der Waals surface area contributed by atoms with Crippen LogP contribution in [0, 0.1) is 0 Å². The average molecular weight is 475 g/mol. The molecule has 12 heteroatoms. The number of benzene rings is 1. The second kappa shape index (κ2) is 10.5. The van der Waals surface area contributed by atoms with Crippen LogP contribution in [0.5, 0.6) is 11.5 Å². The predicted octanol–water partition coefficient (Wildman–Crippen LogP) is 1.76. The van der Waals surface area contributed by atoms with E-state index in [0.29, 0.717) is 48.6 Å². The largest absolute Gasteiger partial charge is 0.492 e. The van der Waals surface area contributed by atoms with E-state index in [1.54, 1.807) is 12.1 Å². The van der Waals surface area contributed by atoms with Crippen molar-refractivity contribution in [1.29, 1.82) is 0 Å². The van der Waals surface area contributed by atoms with E-state index in [1.807, 2.05) is 31.4 Å². The standard InChI is InChI=1S/C21H26N6O5S/c1-3-31-17-13-16(25-7-9-30-10-8-25)18(32-4-2)12-15(17)22-19(28)14-26-21(29)27(24-23-26)20-6-5-11-33-20/h5-6,11-13H,3-4,7-10,14H2,1-2H3,(H,22,28). The molecule has 2 aromatic heterocycles. The molecule has 0 saturated carbocycles. The summed E-state index contributed by atoms with van der Waals surface area (Å²) in [5, 5.41) is 13.0. The minimum atomic E-state index is -0.490. The number of aromatic nitrogens is 4. The molecule has 11 nitrogen and oxygen atoms in total. The zero-order chi connectivity index (χ0) is 23.2. The maximum atomic E-state index is 12.8. The molecule has 1 aliphatic heterocycles. The number of nitrogens with one attached hydrogen (secondary N) is 1. The lowest BCUT2D eigenvalue weighted by Gasteiger charge is -2.31. The first-order chi connectivity index (χ1) is 16.1. The fraction of sp³-hybridized carbons (Fsp3) is 0.429. The van der Waals surface area contributed by atoms with Gasteiger partial charge in [-0.15, -0.1) is 11.3 Å². The number of morpholine rings is 1. The Morgan fingerprint density at radius 2 is 1.91 bits per heavy atom. The highest BCUT2D eigenvalue weighted by Gasteiger charge is 2.21. The molecule has 3 aromatic rings. The Hall–Kier alpha value is -3.38. The van der Waals surface area contributed by atoms with E-state index in [0.717, 1.165) is 28.1 Å². The van der Waals surface area contributed by atoms with Gasteiger partial charge in [-0.1, -0.05) is 0 Å². The molecule has 1 amide bonds. The number of hydrogen-bond acceptors (Lipinski definition) is 9. The van der Waals surface area contributed by atoms with Crippen LogP contribution >= 0.6 is 11.3 Å². The van der Waals surface area contributed by atoms with Gasteiger partial charge in [0, 0.05) is 25.2 Å². The minimum absolute atomic E-state index is 0.287. The third-order valence-corrected chi connectivity index (χ3v) is 5.78. The van der Waals surface area contributed by atoms with Crippen molar-refractivity contribution in [2.75, 3.05) is 49.7 Å². The van der Waals surface area contributed by atoms with E-state index in [1.165, 1.54) is 11.3 Å². The van der Waals surface area contributed by atoms with E-state index in [-0.39, 0.29) is 6.54 Å². The highest BCUT2D eigenvalue weighted by atomic mass is 32.1. The molecule has 1 aliphatic rings. The van der Waals surface area contributed by atoms with E-state index in [9.17, 15) is 9.59 Å². The molecule has 0 spiro atoms. The highest BCUT2D eigenvalue weighted by Crippen LogP contribution is 2.39. The SMILES string of the molecule is CCOc1cc(N2CCOCC2)c(OCC)cc1NC(=O)Cn1nnn(-c2cccs2)c1=O. The van der Waals surface area contributed by atoms with Crippen molar-refractivity contribution in [2.24, 2.45) is 0 Å². The van der Waals surface area contributed by atoms with E-state index >= 15 is 0 Å². The lowest BCUT2D eigenvalue weighted by molar-refractivity contribution is -0.117. The lowest BCUT2D eigenvalue weighted by atomic mass is 10.2. The van der Waals surface area contributed by atoms with Gasteiger partial charge in [0.05, 0.1) is 37.8 Å². The van der Waals surface area contributed by atoms with Crippen molar-refractivity contribution < 1.29 is 19.0 Å². The second-order valence-electron chi connectivity index (χ2n) is 7.11. The predicted molar refractivity (Wildman–Crippen MR) is 124 cm³/mol. The number of carbonyl (C=O) groups is 1. The number of amides is 1. The van der Waals surface area contributed by atoms with Crippen molar-refractivity contribution in [3.05, 3.63) is 40.1 Å². The van der Waals surface area contributed by atoms with Gasteiger partial charge in [0.25, 0.3) is 0 Å². The molecular weight excluding hydrogens is 448 g/mol. The van der Waals surface area contributed by atoms with Crippen LogP contribution in [-0.4, -0.2) is 65.2 Å². The third kappa shape index (κ3) is 5.17. The number of thiophene rings is 1. The number of rotatable bonds is 9. The second-order valence-corrected chi connectivity index (χ2v) is 8.04. The van der Waals surface area contributed by atoms with Gasteiger partial charge < -0.3 is 24.4 Å². The molecule has 1 saturated heterocycles. The third-order valence-electron chi connectivity index (χ3n) is 4.93. The number of carbonyl (C=O) groups excluding carboxylic acids is 1. The molecule has 0 atom stereocenters. The number of ether oxygens (including phenoxy) is 3. The number of nitrogens with zero attached hydrogens (tertiary/aromatic N) is 5. The van der Waals surface area contributed by atoms with Crippen LogP contribution in [0.15, 0.2) is 34.4 Å². The summed E-state index contributed by atoms with van der Waals surface area (Å²) in [7, 11) is 0. The molecule has 33 heavy (non-hydrogen) atoms. The van der Waals surface area contributed by atoms with Crippen LogP contribution in [0.2, 0.25) is 0 Å². The molecule has 3 heterocycles. The summed E-state index contributed by atoms with van der Waals surface area (Å²) in [5.74, 6) is 0.724. The van der Waals surface area contributed by atoms with Gasteiger partial charge >= 0.3 is 5.69 Å². The fourth-order valence-electron chi connectivity index (χ4n) is 3.47. The Bertz CT molecular complexity index is 1140. The number of hydrogen-bond donors (Lipinski definition) is 1. The fourth-order valence-corrected chi connectivity index (χ4v) is 4.14. The molecule has 0 aliphatic carbocycles. The Kier molecular flexibility index (Phi) is 7.25. The molecule has 0 unspecified atom stereocenters. The van der Waals surface area contributed by atoms with Gasteiger partial charge in [-0.2, -0.15) is 9.36 Å². The smallest absolute Gasteiger partial charge is 0.369 e. The Labute approximate surface area is 194 Å². The normalized spacial score (nSPS) is 13.7. The summed E-state index contributed by atoms with van der Waals surface area (Å²) in [6.45, 7) is 7.13. The van der Waals surface area contributed by atoms with Gasteiger partial charge in [0.15, 0.2) is 0 Å². The maximum absolute atomic E-state index is 12.8. The minimum Gasteiger partial charge on any atom is -0.492 e. The highest BCUT2D eigenvalue weighted by molar-refractivity contribution is 7.12. The molecule has 4 rings (SSSR count). The van der Waals surface area contributed by atoms with Crippen molar-refractivity contribution in [3.8, 4) is 16.5 Å². The van der Waals surface area contributed by atoms with Crippen molar-refractivity contribution in [1.82, 2.24) is 19.8 Å². The van der Waals surface area contributed by atoms with Crippen LogP contribution in [-0.2, 0) is 16.1 Å². The van der Waals surface area contributed by atoms with E-state index in [4.69, 9.17) is 14.2 Å². The summed E-state index contributed by atoms with van der Waals surface area (Å²) < 4.78 is 19.3. The summed E-state index contributed by atoms with van der Waals surface area (Å²) in [6, 6.07) is 7.19. The average Bonchev–Trinajstić information content (AvgIpc) is 3.46. The van der Waals surface area contributed by atoms with Crippen LogP contribution in [0.1, 0.15) is 13.8 Å². The van der Waals surface area contributed by atoms with Crippen molar-refractivity contribution in [2.45, 2.75) is 20.4 Å². The van der Waals surface area contributed by atoms with Gasteiger partial charge in [0.1, 0.15) is 23.0 Å². The quantitative estimate of drug-likeness (QED) is 0.499. The van der Waals surface area contributed by atoms with Gasteiger partial charge in [-0.25, -0.2) is 4.79 Å². The first-order valence-corrected chi connectivity index (χ1v) is 11.6. The van der Waals surface area contributed by atoms with Gasteiger partial charge in [-0.3, -0.25) is 4.79 Å².